The van der Waals surface area contributed by atoms with E-state index in [0.29, 0.717) is 11.6 Å². The molecule has 2 atom stereocenters. The Labute approximate surface area is 196 Å². The molecule has 2 aliphatic carbocycles. The van der Waals surface area contributed by atoms with Gasteiger partial charge in [0.15, 0.2) is 0 Å². The zero-order valence-electron chi connectivity index (χ0n) is 18.8. The first-order chi connectivity index (χ1) is 16.0. The zero-order chi connectivity index (χ0) is 22.8. The highest BCUT2D eigenvalue weighted by Gasteiger charge is 2.44. The molecule has 5 nitrogen and oxygen atoms in total. The molecule has 0 spiro atoms. The van der Waals surface area contributed by atoms with Crippen LogP contribution in [0.25, 0.3) is 0 Å². The predicted octanol–water partition coefficient (Wildman–Crippen LogP) is 6.15. The molecule has 174 valence electrons. The van der Waals surface area contributed by atoms with E-state index in [1.54, 1.807) is 42.5 Å². The summed E-state index contributed by atoms with van der Waals surface area (Å²) in [4.78, 5) is 13.3. The topological polar surface area (TPSA) is 72.5 Å². The molecule has 2 aromatic carbocycles. The maximum Gasteiger partial charge on any atom is 0.314 e. The minimum atomic E-state index is -3.63. The lowest BCUT2D eigenvalue weighted by molar-refractivity contribution is -0.147. The van der Waals surface area contributed by atoms with Crippen molar-refractivity contribution in [1.82, 2.24) is 0 Å². The Morgan fingerprint density at radius 2 is 1.58 bits per heavy atom. The summed E-state index contributed by atoms with van der Waals surface area (Å²) in [6.07, 6.45) is 9.72. The number of carbonyl (C=O) groups excluding carboxylic acids is 1. The van der Waals surface area contributed by atoms with E-state index in [1.807, 2.05) is 12.1 Å². The fourth-order valence-electron chi connectivity index (χ4n) is 5.33. The molecule has 6 heteroatoms. The third-order valence-corrected chi connectivity index (χ3v) is 8.58. The van der Waals surface area contributed by atoms with Gasteiger partial charge in [-0.05, 0) is 79.8 Å². The van der Waals surface area contributed by atoms with Crippen molar-refractivity contribution in [3.8, 4) is 0 Å². The van der Waals surface area contributed by atoms with Gasteiger partial charge >= 0.3 is 5.97 Å². The Balaban J connectivity index is 1.35. The molecule has 33 heavy (non-hydrogen) atoms. The van der Waals surface area contributed by atoms with E-state index in [-0.39, 0.29) is 22.7 Å². The molecule has 0 saturated heterocycles. The summed E-state index contributed by atoms with van der Waals surface area (Å²) < 4.78 is 33.8. The third-order valence-electron chi connectivity index (χ3n) is 7.18. The van der Waals surface area contributed by atoms with E-state index in [2.05, 4.69) is 4.72 Å². The number of sulfonamides is 1. The van der Waals surface area contributed by atoms with Gasteiger partial charge in [-0.25, -0.2) is 8.42 Å². The fraction of sp³-hybridized carbons (Fsp3) is 0.444. The monoisotopic (exact) mass is 465 g/mol. The first-order valence-electron chi connectivity index (χ1n) is 12.1. The predicted molar refractivity (Wildman–Crippen MR) is 128 cm³/mol. The summed E-state index contributed by atoms with van der Waals surface area (Å²) in [5, 5.41) is 0. The molecular weight excluding hydrogens is 434 g/mol. The van der Waals surface area contributed by atoms with Crippen LogP contribution in [0.1, 0.15) is 69.3 Å². The van der Waals surface area contributed by atoms with Gasteiger partial charge in [-0.15, -0.1) is 0 Å². The largest absolute Gasteiger partial charge is 0.431 e. The van der Waals surface area contributed by atoms with E-state index < -0.39 is 10.0 Å². The number of nitrogens with one attached hydrogen (secondary N) is 1. The number of ether oxygens (including phenoxy) is 1. The number of carbonyl (C=O) groups is 1. The number of hydrogen-bond donors (Lipinski definition) is 1. The lowest BCUT2D eigenvalue weighted by atomic mass is 9.76. The SMILES string of the molecule is O=C1OC2=C(CCCCCC2)CC1C(c1ccc(NS(=O)(=O)c2ccccc2)cc1)C1CC1. The molecule has 2 unspecified atom stereocenters. The van der Waals surface area contributed by atoms with Crippen LogP contribution in [0.2, 0.25) is 0 Å². The van der Waals surface area contributed by atoms with Crippen LogP contribution in [0, 0.1) is 11.8 Å². The molecule has 0 aromatic heterocycles. The fourth-order valence-corrected chi connectivity index (χ4v) is 6.41. The summed E-state index contributed by atoms with van der Waals surface area (Å²) in [6, 6.07) is 15.9. The van der Waals surface area contributed by atoms with Gasteiger partial charge in [-0.3, -0.25) is 9.52 Å². The summed E-state index contributed by atoms with van der Waals surface area (Å²) in [5.74, 6) is 1.32. The molecule has 2 aromatic rings. The zero-order valence-corrected chi connectivity index (χ0v) is 19.6. The van der Waals surface area contributed by atoms with Crippen LogP contribution in [0.15, 0.2) is 70.8 Å². The van der Waals surface area contributed by atoms with E-state index >= 15 is 0 Å². The van der Waals surface area contributed by atoms with Crippen LogP contribution in [-0.2, 0) is 19.6 Å². The van der Waals surface area contributed by atoms with Crippen molar-refractivity contribution in [3.05, 3.63) is 71.5 Å². The number of esters is 1. The Morgan fingerprint density at radius 1 is 0.879 bits per heavy atom. The van der Waals surface area contributed by atoms with Crippen molar-refractivity contribution < 1.29 is 17.9 Å². The number of allylic oxidation sites excluding steroid dienone is 2. The summed E-state index contributed by atoms with van der Waals surface area (Å²) in [7, 11) is -3.63. The van der Waals surface area contributed by atoms with Crippen LogP contribution in [0.5, 0.6) is 0 Å². The number of hydrogen-bond acceptors (Lipinski definition) is 4. The molecule has 0 bridgehead atoms. The molecule has 1 saturated carbocycles. The van der Waals surface area contributed by atoms with Crippen LogP contribution in [0.4, 0.5) is 5.69 Å². The van der Waals surface area contributed by atoms with Crippen LogP contribution < -0.4 is 4.72 Å². The normalized spacial score (nSPS) is 22.5. The Morgan fingerprint density at radius 3 is 2.27 bits per heavy atom. The molecule has 1 heterocycles. The smallest absolute Gasteiger partial charge is 0.314 e. The van der Waals surface area contributed by atoms with Gasteiger partial charge in [0.1, 0.15) is 5.76 Å². The number of anilines is 1. The molecule has 0 amide bonds. The van der Waals surface area contributed by atoms with Gasteiger partial charge in [-0.2, -0.15) is 0 Å². The Kier molecular flexibility index (Phi) is 6.28. The maximum atomic E-state index is 13.1. The van der Waals surface area contributed by atoms with Crippen LogP contribution in [-0.4, -0.2) is 14.4 Å². The Bertz CT molecular complexity index is 1130. The van der Waals surface area contributed by atoms with Gasteiger partial charge in [-0.1, -0.05) is 43.2 Å². The van der Waals surface area contributed by atoms with Gasteiger partial charge in [0.25, 0.3) is 10.0 Å². The highest BCUT2D eigenvalue weighted by atomic mass is 32.2. The van der Waals surface area contributed by atoms with Crippen LogP contribution >= 0.6 is 0 Å². The lowest BCUT2D eigenvalue weighted by Crippen LogP contribution is -2.30. The van der Waals surface area contributed by atoms with Gasteiger partial charge in [0.2, 0.25) is 0 Å². The van der Waals surface area contributed by atoms with Crippen molar-refractivity contribution in [2.24, 2.45) is 11.8 Å². The second-order valence-electron chi connectivity index (χ2n) is 9.58. The summed E-state index contributed by atoms with van der Waals surface area (Å²) >= 11 is 0. The van der Waals surface area contributed by atoms with Crippen molar-refractivity contribution in [3.63, 3.8) is 0 Å². The number of benzene rings is 2. The van der Waals surface area contributed by atoms with E-state index in [9.17, 15) is 13.2 Å². The van der Waals surface area contributed by atoms with Crippen molar-refractivity contribution in [1.29, 1.82) is 0 Å². The molecular formula is C27H31NO4S. The summed E-state index contributed by atoms with van der Waals surface area (Å²) in [6.45, 7) is 0. The molecule has 5 rings (SSSR count). The second-order valence-corrected chi connectivity index (χ2v) is 11.3. The molecule has 0 radical (unpaired) electrons. The van der Waals surface area contributed by atoms with Crippen LogP contribution in [0.3, 0.4) is 0 Å². The molecule has 1 N–H and O–H groups in total. The lowest BCUT2D eigenvalue weighted by Gasteiger charge is -2.33. The molecule has 3 aliphatic rings. The maximum absolute atomic E-state index is 13.1. The summed E-state index contributed by atoms with van der Waals surface area (Å²) in [5.41, 5.74) is 2.96. The van der Waals surface area contributed by atoms with Crippen molar-refractivity contribution >= 4 is 21.7 Å². The average molecular weight is 466 g/mol. The minimum Gasteiger partial charge on any atom is -0.431 e. The highest BCUT2D eigenvalue weighted by molar-refractivity contribution is 7.92. The van der Waals surface area contributed by atoms with Gasteiger partial charge < -0.3 is 4.74 Å². The van der Waals surface area contributed by atoms with E-state index in [0.717, 1.165) is 49.8 Å². The second kappa shape index (κ2) is 9.34. The number of rotatable bonds is 6. The minimum absolute atomic E-state index is 0.0833. The first-order valence-corrected chi connectivity index (χ1v) is 13.6. The van der Waals surface area contributed by atoms with Crippen molar-refractivity contribution in [2.75, 3.05) is 4.72 Å². The standard InChI is InChI=1S/C27H31NO4S/c29-27-24(18-21-8-4-1-2-7-11-25(21)32-27)26(19-12-13-19)20-14-16-22(17-15-20)28-33(30,31)23-9-5-3-6-10-23/h3,5-6,9-10,14-17,19,24,26,28H,1-2,4,7-8,11-13,18H2. The highest BCUT2D eigenvalue weighted by Crippen LogP contribution is 2.50. The van der Waals surface area contributed by atoms with Crippen molar-refractivity contribution in [2.45, 2.75) is 68.6 Å². The van der Waals surface area contributed by atoms with E-state index in [4.69, 9.17) is 4.74 Å². The quantitative estimate of drug-likeness (QED) is 0.519. The first kappa shape index (κ1) is 22.2. The molecule has 1 aliphatic heterocycles. The van der Waals surface area contributed by atoms with Gasteiger partial charge in [0.05, 0.1) is 10.8 Å². The Hall–Kier alpha value is -2.60. The molecule has 1 fully saturated rings. The van der Waals surface area contributed by atoms with E-state index in [1.165, 1.54) is 24.8 Å². The third kappa shape index (κ3) is 5.01. The van der Waals surface area contributed by atoms with Gasteiger partial charge in [0, 0.05) is 18.0 Å². The average Bonchev–Trinajstić information content (AvgIpc) is 3.63.